The monoisotopic (exact) mass is 491 g/mol. The van der Waals surface area contributed by atoms with Gasteiger partial charge in [0, 0.05) is 49.2 Å². The lowest BCUT2D eigenvalue weighted by Gasteiger charge is -2.35. The summed E-state index contributed by atoms with van der Waals surface area (Å²) in [5, 5.41) is 0.996. The minimum absolute atomic E-state index is 0.0804. The van der Waals surface area contributed by atoms with E-state index in [-0.39, 0.29) is 11.7 Å². The standard InChI is InChI=1S/C30H26FN5O/c1-21-7-5-6-10-26(21)36-19-25(22-8-3-2-4-9-22)27-28(32-20-33-29(27)36)34-15-17-35(18-16-34)30(37)23-11-13-24(31)14-12-23/h2-14,19-20H,15-18H2,1H3. The van der Waals surface area contributed by atoms with Crippen molar-refractivity contribution in [3.05, 3.63) is 108 Å². The van der Waals surface area contributed by atoms with Crippen LogP contribution in [0.2, 0.25) is 0 Å². The summed E-state index contributed by atoms with van der Waals surface area (Å²) in [6.07, 6.45) is 3.77. The van der Waals surface area contributed by atoms with E-state index in [9.17, 15) is 9.18 Å². The van der Waals surface area contributed by atoms with Gasteiger partial charge < -0.3 is 14.4 Å². The fourth-order valence-electron chi connectivity index (χ4n) is 5.04. The maximum absolute atomic E-state index is 13.3. The van der Waals surface area contributed by atoms with Crippen molar-refractivity contribution in [3.8, 4) is 16.8 Å². The largest absolute Gasteiger partial charge is 0.352 e. The molecule has 6 rings (SSSR count). The Morgan fingerprint density at radius 1 is 0.838 bits per heavy atom. The van der Waals surface area contributed by atoms with Crippen LogP contribution in [-0.4, -0.2) is 51.5 Å². The number of halogens is 1. The van der Waals surface area contributed by atoms with E-state index in [1.165, 1.54) is 12.1 Å². The number of rotatable bonds is 4. The number of piperazine rings is 1. The molecule has 184 valence electrons. The number of aryl methyl sites for hydroxylation is 1. The van der Waals surface area contributed by atoms with Crippen LogP contribution in [0.4, 0.5) is 10.2 Å². The molecule has 0 atom stereocenters. The maximum Gasteiger partial charge on any atom is 0.253 e. The Kier molecular flexibility index (Phi) is 5.88. The second-order valence-corrected chi connectivity index (χ2v) is 9.25. The first-order chi connectivity index (χ1) is 18.1. The van der Waals surface area contributed by atoms with Crippen molar-refractivity contribution in [2.45, 2.75) is 6.92 Å². The third-order valence-electron chi connectivity index (χ3n) is 6.98. The van der Waals surface area contributed by atoms with Crippen molar-refractivity contribution >= 4 is 22.8 Å². The minimum atomic E-state index is -0.346. The van der Waals surface area contributed by atoms with Crippen molar-refractivity contribution in [1.29, 1.82) is 0 Å². The fraction of sp³-hybridized carbons (Fsp3) is 0.167. The number of carbonyl (C=O) groups excluding carboxylic acids is 1. The predicted octanol–water partition coefficient (Wildman–Crippen LogP) is 5.50. The summed E-state index contributed by atoms with van der Waals surface area (Å²) >= 11 is 0. The van der Waals surface area contributed by atoms with Crippen LogP contribution in [-0.2, 0) is 0 Å². The first kappa shape index (κ1) is 22.9. The molecule has 0 unspecified atom stereocenters. The van der Waals surface area contributed by atoms with Gasteiger partial charge in [-0.05, 0) is 48.4 Å². The number of hydrogen-bond acceptors (Lipinski definition) is 4. The van der Waals surface area contributed by atoms with Gasteiger partial charge in [-0.2, -0.15) is 0 Å². The Morgan fingerprint density at radius 2 is 1.54 bits per heavy atom. The number of nitrogens with zero attached hydrogens (tertiary/aromatic N) is 5. The lowest BCUT2D eigenvalue weighted by Crippen LogP contribution is -2.49. The topological polar surface area (TPSA) is 54.3 Å². The molecule has 7 heteroatoms. The molecule has 1 aliphatic rings. The molecule has 1 aliphatic heterocycles. The third-order valence-corrected chi connectivity index (χ3v) is 6.98. The molecule has 1 amide bonds. The van der Waals surface area contributed by atoms with E-state index in [4.69, 9.17) is 9.97 Å². The number of para-hydroxylation sites is 1. The summed E-state index contributed by atoms with van der Waals surface area (Å²) in [5.74, 6) is 0.439. The summed E-state index contributed by atoms with van der Waals surface area (Å²) in [4.78, 5) is 26.5. The normalized spacial score (nSPS) is 13.8. The van der Waals surface area contributed by atoms with E-state index in [1.807, 2.05) is 35.2 Å². The minimum Gasteiger partial charge on any atom is -0.352 e. The van der Waals surface area contributed by atoms with Crippen LogP contribution in [0.15, 0.2) is 91.4 Å². The van der Waals surface area contributed by atoms with E-state index in [2.05, 4.69) is 46.9 Å². The summed E-state index contributed by atoms with van der Waals surface area (Å²) < 4.78 is 15.4. The van der Waals surface area contributed by atoms with Crippen LogP contribution in [0.25, 0.3) is 27.8 Å². The van der Waals surface area contributed by atoms with Gasteiger partial charge in [-0.3, -0.25) is 4.79 Å². The smallest absolute Gasteiger partial charge is 0.253 e. The summed E-state index contributed by atoms with van der Waals surface area (Å²) in [7, 11) is 0. The van der Waals surface area contributed by atoms with Gasteiger partial charge in [0.05, 0.1) is 5.39 Å². The molecule has 0 N–H and O–H groups in total. The third kappa shape index (κ3) is 4.22. The quantitative estimate of drug-likeness (QED) is 0.333. The summed E-state index contributed by atoms with van der Waals surface area (Å²) in [5.41, 5.74) is 5.75. The van der Waals surface area contributed by atoms with E-state index in [0.29, 0.717) is 31.7 Å². The molecule has 1 fully saturated rings. The van der Waals surface area contributed by atoms with Gasteiger partial charge in [0.15, 0.2) is 5.65 Å². The molecule has 0 saturated carbocycles. The number of aromatic nitrogens is 3. The van der Waals surface area contributed by atoms with E-state index in [0.717, 1.165) is 39.2 Å². The van der Waals surface area contributed by atoms with Gasteiger partial charge in [-0.1, -0.05) is 48.5 Å². The predicted molar refractivity (Wildman–Crippen MR) is 144 cm³/mol. The Morgan fingerprint density at radius 3 is 2.27 bits per heavy atom. The van der Waals surface area contributed by atoms with Crippen molar-refractivity contribution in [3.63, 3.8) is 0 Å². The Hall–Kier alpha value is -4.52. The summed E-state index contributed by atoms with van der Waals surface area (Å²) in [6, 6.07) is 24.3. The van der Waals surface area contributed by atoms with Crippen LogP contribution in [0.3, 0.4) is 0 Å². The highest BCUT2D eigenvalue weighted by Gasteiger charge is 2.26. The van der Waals surface area contributed by atoms with E-state index >= 15 is 0 Å². The Balaban J connectivity index is 1.38. The molecular formula is C30H26FN5O. The first-order valence-electron chi connectivity index (χ1n) is 12.4. The molecular weight excluding hydrogens is 465 g/mol. The van der Waals surface area contributed by atoms with Crippen molar-refractivity contribution in [2.24, 2.45) is 0 Å². The molecule has 37 heavy (non-hydrogen) atoms. The zero-order valence-electron chi connectivity index (χ0n) is 20.5. The van der Waals surface area contributed by atoms with Gasteiger partial charge in [0.25, 0.3) is 5.91 Å². The van der Waals surface area contributed by atoms with Crippen molar-refractivity contribution in [2.75, 3.05) is 31.1 Å². The van der Waals surface area contributed by atoms with Crippen LogP contribution in [0, 0.1) is 12.7 Å². The van der Waals surface area contributed by atoms with Crippen LogP contribution < -0.4 is 4.90 Å². The number of anilines is 1. The lowest BCUT2D eigenvalue weighted by molar-refractivity contribution is 0.0746. The van der Waals surface area contributed by atoms with Crippen molar-refractivity contribution in [1.82, 2.24) is 19.4 Å². The zero-order chi connectivity index (χ0) is 25.4. The fourth-order valence-corrected chi connectivity index (χ4v) is 5.04. The summed E-state index contributed by atoms with van der Waals surface area (Å²) in [6.45, 7) is 4.50. The molecule has 0 aliphatic carbocycles. The number of amides is 1. The van der Waals surface area contributed by atoms with Gasteiger partial charge in [0.1, 0.15) is 18.0 Å². The van der Waals surface area contributed by atoms with Crippen LogP contribution in [0.5, 0.6) is 0 Å². The number of benzene rings is 3. The number of fused-ring (bicyclic) bond motifs is 1. The number of carbonyl (C=O) groups is 1. The molecule has 2 aromatic heterocycles. The lowest BCUT2D eigenvalue weighted by atomic mass is 10.1. The average Bonchev–Trinajstić information content (AvgIpc) is 3.34. The highest BCUT2D eigenvalue weighted by molar-refractivity contribution is 6.02. The Labute approximate surface area is 214 Å². The Bertz CT molecular complexity index is 1570. The first-order valence-corrected chi connectivity index (χ1v) is 12.4. The highest BCUT2D eigenvalue weighted by Crippen LogP contribution is 2.37. The van der Waals surface area contributed by atoms with Crippen LogP contribution in [0.1, 0.15) is 15.9 Å². The molecule has 0 bridgehead atoms. The SMILES string of the molecule is Cc1ccccc1-n1cc(-c2ccccc2)c2c(N3CCN(C(=O)c4ccc(F)cc4)CC3)ncnc21. The van der Waals surface area contributed by atoms with Gasteiger partial charge >= 0.3 is 0 Å². The molecule has 0 radical (unpaired) electrons. The second-order valence-electron chi connectivity index (χ2n) is 9.25. The highest BCUT2D eigenvalue weighted by atomic mass is 19.1. The number of hydrogen-bond donors (Lipinski definition) is 0. The molecule has 0 spiro atoms. The molecule has 5 aromatic rings. The second kappa shape index (κ2) is 9.50. The van der Waals surface area contributed by atoms with E-state index in [1.54, 1.807) is 18.5 Å². The molecule has 3 heterocycles. The molecule has 3 aromatic carbocycles. The van der Waals surface area contributed by atoms with Crippen molar-refractivity contribution < 1.29 is 9.18 Å². The van der Waals surface area contributed by atoms with E-state index < -0.39 is 0 Å². The van der Waals surface area contributed by atoms with Crippen LogP contribution >= 0.6 is 0 Å². The maximum atomic E-state index is 13.3. The molecule has 6 nitrogen and oxygen atoms in total. The zero-order valence-corrected chi connectivity index (χ0v) is 20.5. The van der Waals surface area contributed by atoms with Gasteiger partial charge in [0.2, 0.25) is 0 Å². The molecule has 1 saturated heterocycles. The average molecular weight is 492 g/mol. The van der Waals surface area contributed by atoms with Gasteiger partial charge in [-0.25, -0.2) is 14.4 Å². The van der Waals surface area contributed by atoms with Gasteiger partial charge in [-0.15, -0.1) is 0 Å².